The minimum Gasteiger partial charge on any atom is -0.309 e. The number of nitrogens with zero attached hydrogens (tertiary/aromatic N) is 2. The molecule has 244 valence electrons. The van der Waals surface area contributed by atoms with Gasteiger partial charge in [-0.3, -0.25) is 0 Å². The third kappa shape index (κ3) is 3.27. The largest absolute Gasteiger partial charge is 0.309 e. The molecule has 2 heterocycles. The Morgan fingerprint density at radius 2 is 1.00 bits per heavy atom. The minimum atomic E-state index is -0.409. The van der Waals surface area contributed by atoms with Crippen molar-refractivity contribution in [2.24, 2.45) is 0 Å². The lowest BCUT2D eigenvalue weighted by atomic mass is 9.63. The highest BCUT2D eigenvalue weighted by Crippen LogP contribution is 2.63. The third-order valence-corrected chi connectivity index (χ3v) is 12.4. The zero-order valence-corrected chi connectivity index (χ0v) is 28.7. The van der Waals surface area contributed by atoms with Crippen LogP contribution in [0.2, 0.25) is 0 Å². The second kappa shape index (κ2) is 9.70. The van der Waals surface area contributed by atoms with E-state index >= 15 is 0 Å². The van der Waals surface area contributed by atoms with Crippen LogP contribution in [0.1, 0.15) is 22.3 Å². The van der Waals surface area contributed by atoms with Crippen LogP contribution in [0, 0.1) is 0 Å². The van der Waals surface area contributed by atoms with Crippen LogP contribution in [0.25, 0.3) is 87.7 Å². The first-order valence-corrected chi connectivity index (χ1v) is 18.5. The summed E-state index contributed by atoms with van der Waals surface area (Å²) in [5, 5.41) is 10.4. The smallest absolute Gasteiger partial charge is 0.0726 e. The fourth-order valence-electron chi connectivity index (χ4n) is 10.5. The Kier molecular flexibility index (Phi) is 5.08. The first kappa shape index (κ1) is 27.8. The van der Waals surface area contributed by atoms with Crippen molar-refractivity contribution in [2.45, 2.75) is 5.41 Å². The molecule has 2 aliphatic rings. The molecule has 2 aromatic heterocycles. The highest BCUT2D eigenvalue weighted by atomic mass is 15.0. The van der Waals surface area contributed by atoms with E-state index in [0.717, 1.165) is 11.4 Å². The van der Waals surface area contributed by atoms with Crippen molar-refractivity contribution < 1.29 is 0 Å². The molecule has 2 heteroatoms. The van der Waals surface area contributed by atoms with Crippen molar-refractivity contribution >= 4 is 65.2 Å². The van der Waals surface area contributed by atoms with E-state index in [1.54, 1.807) is 0 Å². The topological polar surface area (TPSA) is 9.86 Å². The minimum absolute atomic E-state index is 0.409. The summed E-state index contributed by atoms with van der Waals surface area (Å²) in [6.07, 6.45) is 0. The van der Waals surface area contributed by atoms with E-state index in [2.05, 4.69) is 191 Å². The van der Waals surface area contributed by atoms with Gasteiger partial charge in [0.15, 0.2) is 0 Å². The molecule has 0 radical (unpaired) electrons. The van der Waals surface area contributed by atoms with Gasteiger partial charge in [-0.1, -0.05) is 133 Å². The highest BCUT2D eigenvalue weighted by molar-refractivity contribution is 6.28. The van der Waals surface area contributed by atoms with Gasteiger partial charge in [0.25, 0.3) is 0 Å². The second-order valence-corrected chi connectivity index (χ2v) is 14.8. The molecule has 1 unspecified atom stereocenters. The molecule has 0 saturated heterocycles. The molecule has 0 saturated carbocycles. The summed E-state index contributed by atoms with van der Waals surface area (Å²) in [5.41, 5.74) is 15.0. The Morgan fingerprint density at radius 3 is 1.89 bits per heavy atom. The molecule has 0 aliphatic heterocycles. The van der Waals surface area contributed by atoms with Gasteiger partial charge >= 0.3 is 0 Å². The number of hydrogen-bond acceptors (Lipinski definition) is 0. The van der Waals surface area contributed by atoms with Crippen molar-refractivity contribution in [1.82, 2.24) is 9.13 Å². The van der Waals surface area contributed by atoms with Gasteiger partial charge in [0.1, 0.15) is 0 Å². The van der Waals surface area contributed by atoms with Gasteiger partial charge in [-0.05, 0) is 103 Å². The lowest BCUT2D eigenvalue weighted by Gasteiger charge is -2.37. The Morgan fingerprint density at radius 1 is 0.340 bits per heavy atom. The third-order valence-electron chi connectivity index (χ3n) is 12.4. The fourth-order valence-corrected chi connectivity index (χ4v) is 10.5. The van der Waals surface area contributed by atoms with Crippen molar-refractivity contribution in [3.05, 3.63) is 204 Å². The van der Waals surface area contributed by atoms with E-state index in [9.17, 15) is 0 Å². The van der Waals surface area contributed by atoms with Crippen LogP contribution in [0.15, 0.2) is 182 Å². The number of fused-ring (bicyclic) bond motifs is 8. The zero-order chi connectivity index (χ0) is 34.4. The van der Waals surface area contributed by atoms with E-state index in [4.69, 9.17) is 0 Å². The highest BCUT2D eigenvalue weighted by Gasteiger charge is 2.50. The average Bonchev–Trinajstić information content (AvgIpc) is 3.84. The summed E-state index contributed by atoms with van der Waals surface area (Å²) in [4.78, 5) is 0. The van der Waals surface area contributed by atoms with Crippen LogP contribution in [-0.2, 0) is 5.41 Å². The van der Waals surface area contributed by atoms with E-state index in [1.807, 2.05) is 0 Å². The maximum atomic E-state index is 2.53. The van der Waals surface area contributed by atoms with E-state index < -0.39 is 5.41 Å². The maximum Gasteiger partial charge on any atom is 0.0726 e. The molecule has 53 heavy (non-hydrogen) atoms. The summed E-state index contributed by atoms with van der Waals surface area (Å²) in [5.74, 6) is 0. The summed E-state index contributed by atoms with van der Waals surface area (Å²) >= 11 is 0. The van der Waals surface area contributed by atoms with Crippen molar-refractivity contribution in [1.29, 1.82) is 0 Å². The van der Waals surface area contributed by atoms with Gasteiger partial charge in [0.05, 0.1) is 27.5 Å². The van der Waals surface area contributed by atoms with Crippen LogP contribution in [0.3, 0.4) is 0 Å². The number of hydrogen-bond donors (Lipinski definition) is 0. The molecule has 0 amide bonds. The molecular formula is C51H30N2. The molecule has 2 aliphatic carbocycles. The number of aromatic nitrogens is 2. The predicted octanol–water partition coefficient (Wildman–Crippen LogP) is 12.9. The van der Waals surface area contributed by atoms with Crippen LogP contribution in [0.4, 0.5) is 0 Å². The van der Waals surface area contributed by atoms with Crippen molar-refractivity contribution in [3.8, 4) is 22.5 Å². The number of benzene rings is 9. The summed E-state index contributed by atoms with van der Waals surface area (Å²) in [7, 11) is 0. The lowest BCUT2D eigenvalue weighted by molar-refractivity contribution is 0.782. The van der Waals surface area contributed by atoms with Gasteiger partial charge < -0.3 is 9.13 Å². The Balaban J connectivity index is 1.16. The average molecular weight is 671 g/mol. The normalized spacial score (nSPS) is 15.6. The molecule has 13 rings (SSSR count). The van der Waals surface area contributed by atoms with Crippen LogP contribution >= 0.6 is 0 Å². The first-order valence-electron chi connectivity index (χ1n) is 18.5. The molecule has 11 aromatic rings. The monoisotopic (exact) mass is 670 g/mol. The van der Waals surface area contributed by atoms with Gasteiger partial charge in [-0.15, -0.1) is 0 Å². The summed E-state index contributed by atoms with van der Waals surface area (Å²) in [6.45, 7) is 0. The van der Waals surface area contributed by atoms with E-state index in [1.165, 1.54) is 98.5 Å². The molecule has 9 aromatic carbocycles. The first-order chi connectivity index (χ1) is 26.3. The Bertz CT molecular complexity index is 3400. The lowest BCUT2D eigenvalue weighted by Crippen LogP contribution is -2.30. The van der Waals surface area contributed by atoms with Gasteiger partial charge in [-0.25, -0.2) is 0 Å². The maximum absolute atomic E-state index is 2.53. The number of para-hydroxylation sites is 1. The molecular weight excluding hydrogens is 641 g/mol. The molecule has 1 atom stereocenters. The Labute approximate surface area is 305 Å². The second-order valence-electron chi connectivity index (χ2n) is 14.8. The SMILES string of the molecule is c1ccc(C23c4ccccc4-c4ccc5c(c42)c2c4c3cccc4ccc2n5-c2cccc(-n3c4ccccc4c4cc5ccccc5cc43)c2)cc1. The molecule has 0 fully saturated rings. The Hall–Kier alpha value is -6.90. The molecule has 0 bridgehead atoms. The van der Waals surface area contributed by atoms with Gasteiger partial charge in [0, 0.05) is 32.9 Å². The van der Waals surface area contributed by atoms with Gasteiger partial charge in [-0.2, -0.15) is 0 Å². The van der Waals surface area contributed by atoms with E-state index in [0.29, 0.717) is 0 Å². The molecule has 0 N–H and O–H groups in total. The molecule has 0 spiro atoms. The van der Waals surface area contributed by atoms with E-state index in [-0.39, 0.29) is 0 Å². The van der Waals surface area contributed by atoms with Crippen LogP contribution in [0.5, 0.6) is 0 Å². The fraction of sp³-hybridized carbons (Fsp3) is 0.0196. The quantitative estimate of drug-likeness (QED) is 0.177. The molecule has 2 nitrogen and oxygen atoms in total. The van der Waals surface area contributed by atoms with Gasteiger partial charge in [0.2, 0.25) is 0 Å². The zero-order valence-electron chi connectivity index (χ0n) is 28.7. The van der Waals surface area contributed by atoms with Crippen LogP contribution in [-0.4, -0.2) is 9.13 Å². The summed E-state index contributed by atoms with van der Waals surface area (Å²) < 4.78 is 4.98. The van der Waals surface area contributed by atoms with Crippen molar-refractivity contribution in [3.63, 3.8) is 0 Å². The van der Waals surface area contributed by atoms with Crippen LogP contribution < -0.4 is 0 Å². The predicted molar refractivity (Wildman–Crippen MR) is 221 cm³/mol. The number of rotatable bonds is 3. The standard InChI is InChI=1S/C51H30N2/c1-2-15-34(16-3-1)51-41-21-8-6-19-37(41)39-25-27-45-49(50(39)51)48-44(26-24-31-14-10-22-42(51)47(31)48)53(45)36-18-11-17-35(30-36)52-43-23-9-7-20-38(43)40-28-32-12-4-5-13-33(32)29-46(40)52/h1-30H. The summed E-state index contributed by atoms with van der Waals surface area (Å²) in [6, 6.07) is 68.2. The van der Waals surface area contributed by atoms with Crippen molar-refractivity contribution in [2.75, 3.05) is 0 Å².